The molecule has 0 saturated heterocycles. The lowest BCUT2D eigenvalue weighted by Gasteiger charge is -2.19. The van der Waals surface area contributed by atoms with Gasteiger partial charge in [0.25, 0.3) is 0 Å². The van der Waals surface area contributed by atoms with Crippen LogP contribution in [0.4, 0.5) is 0 Å². The molecule has 3 N–H and O–H groups in total. The maximum Gasteiger partial charge on any atom is 0.191 e. The highest BCUT2D eigenvalue weighted by atomic mass is 127. The first-order valence-corrected chi connectivity index (χ1v) is 8.89. The minimum atomic E-state index is -1.15. The molecule has 0 aliphatic carbocycles. The topological polar surface area (TPSA) is 79.0 Å². The molecule has 0 spiro atoms. The summed E-state index contributed by atoms with van der Waals surface area (Å²) in [5, 5.41) is 17.1. The molecule has 7 heteroatoms. The van der Waals surface area contributed by atoms with Crippen LogP contribution in [0.5, 0.6) is 5.75 Å². The zero-order valence-electron chi connectivity index (χ0n) is 16.4. The quantitative estimate of drug-likeness (QED) is 0.303. The van der Waals surface area contributed by atoms with Gasteiger partial charge in [-0.3, -0.25) is 0 Å². The second kappa shape index (κ2) is 11.2. The van der Waals surface area contributed by atoms with Gasteiger partial charge in [0.05, 0.1) is 13.7 Å². The van der Waals surface area contributed by atoms with Crippen molar-refractivity contribution in [3.8, 4) is 5.75 Å². The van der Waals surface area contributed by atoms with Crippen molar-refractivity contribution in [2.24, 2.45) is 4.99 Å². The lowest BCUT2D eigenvalue weighted by molar-refractivity contribution is 0.0428. The lowest BCUT2D eigenvalue weighted by Crippen LogP contribution is -2.39. The van der Waals surface area contributed by atoms with Crippen molar-refractivity contribution in [3.05, 3.63) is 53.5 Å². The Kier molecular flexibility index (Phi) is 9.65. The summed E-state index contributed by atoms with van der Waals surface area (Å²) in [5.74, 6) is 2.82. The van der Waals surface area contributed by atoms with Crippen LogP contribution in [0.25, 0.3) is 0 Å². The summed E-state index contributed by atoms with van der Waals surface area (Å²) in [6.07, 6.45) is 0.863. The molecule has 6 nitrogen and oxygen atoms in total. The zero-order valence-corrected chi connectivity index (χ0v) is 18.7. The van der Waals surface area contributed by atoms with Crippen LogP contribution in [0.15, 0.2) is 45.8 Å². The molecular weight excluding hydrogens is 457 g/mol. The van der Waals surface area contributed by atoms with Gasteiger partial charge in [0.1, 0.15) is 22.9 Å². The Labute approximate surface area is 178 Å². The lowest BCUT2D eigenvalue weighted by atomic mass is 10.0. The molecule has 0 aliphatic heterocycles. The smallest absolute Gasteiger partial charge is 0.191 e. The number of methoxy groups -OCH3 is 1. The Hall–Kier alpha value is -1.74. The van der Waals surface area contributed by atoms with E-state index >= 15 is 0 Å². The van der Waals surface area contributed by atoms with E-state index < -0.39 is 5.60 Å². The zero-order chi connectivity index (χ0) is 19.0. The molecule has 1 aromatic carbocycles. The van der Waals surface area contributed by atoms with E-state index in [1.165, 1.54) is 5.56 Å². The third kappa shape index (κ3) is 7.42. The number of halogens is 1. The van der Waals surface area contributed by atoms with Gasteiger partial charge < -0.3 is 24.9 Å². The number of rotatable bonds is 8. The standard InChI is InChI=1S/C20H29N3O3.HI/c1-5-21-19(22-13-12-16-7-9-17(25-4)10-8-16)23-14-20(3,24)18-11-6-15(2)26-18;/h6-11,24H,5,12-14H2,1-4H3,(H2,21,22,23);1H. The number of nitrogens with one attached hydrogen (secondary N) is 2. The number of ether oxygens (including phenoxy) is 1. The second-order valence-corrected chi connectivity index (χ2v) is 6.40. The van der Waals surface area contributed by atoms with Gasteiger partial charge in [-0.1, -0.05) is 12.1 Å². The Bertz CT molecular complexity index is 712. The van der Waals surface area contributed by atoms with Gasteiger partial charge in [0.2, 0.25) is 0 Å². The number of benzene rings is 1. The number of aliphatic imine (C=N–C) groups is 1. The first-order valence-electron chi connectivity index (χ1n) is 8.89. The van der Waals surface area contributed by atoms with Gasteiger partial charge in [-0.15, -0.1) is 24.0 Å². The van der Waals surface area contributed by atoms with Crippen LogP contribution in [0.3, 0.4) is 0 Å². The van der Waals surface area contributed by atoms with Crippen molar-refractivity contribution in [3.63, 3.8) is 0 Å². The largest absolute Gasteiger partial charge is 0.497 e. The molecule has 150 valence electrons. The summed E-state index contributed by atoms with van der Waals surface area (Å²) in [6.45, 7) is 7.26. The van der Waals surface area contributed by atoms with E-state index in [4.69, 9.17) is 9.15 Å². The van der Waals surface area contributed by atoms with Crippen LogP contribution in [0, 0.1) is 6.92 Å². The van der Waals surface area contributed by atoms with Gasteiger partial charge in [-0.2, -0.15) is 0 Å². The molecule has 0 saturated carbocycles. The number of hydrogen-bond donors (Lipinski definition) is 3. The molecule has 1 unspecified atom stereocenters. The van der Waals surface area contributed by atoms with Crippen LogP contribution in [-0.2, 0) is 12.0 Å². The Morgan fingerprint density at radius 1 is 1.19 bits per heavy atom. The Morgan fingerprint density at radius 2 is 1.89 bits per heavy atom. The fourth-order valence-electron chi connectivity index (χ4n) is 2.49. The second-order valence-electron chi connectivity index (χ2n) is 6.40. The van der Waals surface area contributed by atoms with E-state index in [9.17, 15) is 5.11 Å². The third-order valence-corrected chi connectivity index (χ3v) is 4.03. The average Bonchev–Trinajstić information content (AvgIpc) is 3.08. The van der Waals surface area contributed by atoms with Gasteiger partial charge >= 0.3 is 0 Å². The number of nitrogens with zero attached hydrogens (tertiary/aromatic N) is 1. The fourth-order valence-corrected chi connectivity index (χ4v) is 2.49. The van der Waals surface area contributed by atoms with Crippen LogP contribution in [-0.4, -0.2) is 37.8 Å². The van der Waals surface area contributed by atoms with Crippen molar-refractivity contribution in [1.29, 1.82) is 0 Å². The average molecular weight is 487 g/mol. The molecule has 0 fully saturated rings. The van der Waals surface area contributed by atoms with E-state index in [2.05, 4.69) is 27.8 Å². The molecule has 1 atom stereocenters. The fraction of sp³-hybridized carbons (Fsp3) is 0.450. The number of aliphatic hydroxyl groups is 1. The summed E-state index contributed by atoms with van der Waals surface area (Å²) in [6, 6.07) is 11.6. The maximum absolute atomic E-state index is 10.6. The highest BCUT2D eigenvalue weighted by Gasteiger charge is 2.26. The van der Waals surface area contributed by atoms with Crippen molar-refractivity contribution in [1.82, 2.24) is 10.6 Å². The van der Waals surface area contributed by atoms with E-state index in [-0.39, 0.29) is 30.5 Å². The van der Waals surface area contributed by atoms with Gasteiger partial charge in [-0.25, -0.2) is 4.99 Å². The number of aryl methyl sites for hydroxylation is 1. The highest BCUT2D eigenvalue weighted by Crippen LogP contribution is 2.23. The predicted octanol–water partition coefficient (Wildman–Crippen LogP) is 3.22. The van der Waals surface area contributed by atoms with Crippen LogP contribution >= 0.6 is 24.0 Å². The number of hydrogen-bond acceptors (Lipinski definition) is 4. The molecule has 27 heavy (non-hydrogen) atoms. The van der Waals surface area contributed by atoms with E-state index in [1.54, 1.807) is 20.1 Å². The molecular formula is C20H30IN3O3. The molecule has 0 bridgehead atoms. The summed E-state index contributed by atoms with van der Waals surface area (Å²) in [5.41, 5.74) is 0.0688. The van der Waals surface area contributed by atoms with Crippen LogP contribution in [0.1, 0.15) is 30.9 Å². The van der Waals surface area contributed by atoms with Gasteiger partial charge in [0.15, 0.2) is 5.96 Å². The molecule has 0 aliphatic rings. The first-order chi connectivity index (χ1) is 12.4. The summed E-state index contributed by atoms with van der Waals surface area (Å²) in [7, 11) is 1.66. The number of furan rings is 1. The molecule has 2 aromatic rings. The SMILES string of the molecule is CCNC(=NCC(C)(O)c1ccc(C)o1)NCCc1ccc(OC)cc1.I. The first kappa shape index (κ1) is 23.3. The summed E-state index contributed by atoms with van der Waals surface area (Å²) >= 11 is 0. The predicted molar refractivity (Wildman–Crippen MR) is 119 cm³/mol. The van der Waals surface area contributed by atoms with Gasteiger partial charge in [0, 0.05) is 13.1 Å². The van der Waals surface area contributed by atoms with E-state index in [0.717, 1.165) is 31.0 Å². The summed E-state index contributed by atoms with van der Waals surface area (Å²) in [4.78, 5) is 4.49. The van der Waals surface area contributed by atoms with Crippen molar-refractivity contribution >= 4 is 29.9 Å². The molecule has 2 rings (SSSR count). The van der Waals surface area contributed by atoms with Crippen LogP contribution in [0.2, 0.25) is 0 Å². The van der Waals surface area contributed by atoms with Crippen molar-refractivity contribution < 1.29 is 14.3 Å². The molecule has 0 radical (unpaired) electrons. The van der Waals surface area contributed by atoms with Crippen LogP contribution < -0.4 is 15.4 Å². The number of guanidine groups is 1. The normalized spacial score (nSPS) is 13.4. The van der Waals surface area contributed by atoms with Crippen molar-refractivity contribution in [2.75, 3.05) is 26.7 Å². The Morgan fingerprint density at radius 3 is 2.44 bits per heavy atom. The molecule has 1 aromatic heterocycles. The summed E-state index contributed by atoms with van der Waals surface area (Å²) < 4.78 is 10.7. The minimum absolute atomic E-state index is 0. The van der Waals surface area contributed by atoms with E-state index in [1.807, 2.05) is 32.0 Å². The van der Waals surface area contributed by atoms with Crippen molar-refractivity contribution in [2.45, 2.75) is 32.8 Å². The van der Waals surface area contributed by atoms with Gasteiger partial charge in [-0.05, 0) is 57.0 Å². The third-order valence-electron chi connectivity index (χ3n) is 4.03. The van der Waals surface area contributed by atoms with E-state index in [0.29, 0.717) is 11.7 Å². The molecule has 0 amide bonds. The maximum atomic E-state index is 10.6. The monoisotopic (exact) mass is 487 g/mol. The molecule has 1 heterocycles. The minimum Gasteiger partial charge on any atom is -0.497 e. The highest BCUT2D eigenvalue weighted by molar-refractivity contribution is 14.0. The Balaban J connectivity index is 0.00000364.